The molecule has 1 aliphatic heterocycles. The maximum Gasteiger partial charge on any atom is 0.168 e. The third kappa shape index (κ3) is 6.85. The molecular formula is C34H37N3O2. The van der Waals surface area contributed by atoms with E-state index in [-0.39, 0.29) is 11.6 Å². The molecule has 1 N–H and O–H groups in total. The number of hydrogen-bond acceptors (Lipinski definition) is 4. The molecule has 2 heterocycles. The molecule has 200 valence electrons. The van der Waals surface area contributed by atoms with Crippen LogP contribution in [0.25, 0.3) is 0 Å². The SMILES string of the molecule is CCn1ccc(C(=O)Cc2ccc(Nc3ccc(CC(=O)c4ccc(N5CCC(C)CC5)cc4)cc3)cc2)c1. The first-order valence-electron chi connectivity index (χ1n) is 14.0. The molecule has 5 heteroatoms. The molecule has 5 nitrogen and oxygen atoms in total. The zero-order chi connectivity index (χ0) is 27.2. The topological polar surface area (TPSA) is 54.3 Å². The third-order valence-electron chi connectivity index (χ3n) is 7.70. The third-order valence-corrected chi connectivity index (χ3v) is 7.70. The second-order valence-corrected chi connectivity index (χ2v) is 10.7. The number of benzene rings is 3. The summed E-state index contributed by atoms with van der Waals surface area (Å²) in [6.07, 6.45) is 7.07. The lowest BCUT2D eigenvalue weighted by atomic mass is 9.98. The molecule has 0 radical (unpaired) electrons. The number of piperidine rings is 1. The van der Waals surface area contributed by atoms with Crippen LogP contribution in [0.3, 0.4) is 0 Å². The van der Waals surface area contributed by atoms with Gasteiger partial charge in [0.15, 0.2) is 11.6 Å². The lowest BCUT2D eigenvalue weighted by Gasteiger charge is -2.32. The standard InChI is InChI=1S/C34H37N3O2/c1-3-36-19-18-29(24-36)34(39)23-27-6-12-31(13-7-27)35-30-10-4-26(5-11-30)22-33(38)28-8-14-32(15-9-28)37-20-16-25(2)17-21-37/h4-15,18-19,24-25,35H,3,16-17,20-23H2,1-2H3. The minimum atomic E-state index is 0.126. The Morgan fingerprint density at radius 2 is 1.28 bits per heavy atom. The Morgan fingerprint density at radius 1 is 0.744 bits per heavy atom. The van der Waals surface area contributed by atoms with E-state index in [1.54, 1.807) is 0 Å². The molecule has 0 bridgehead atoms. The van der Waals surface area contributed by atoms with Gasteiger partial charge in [-0.25, -0.2) is 0 Å². The number of nitrogens with one attached hydrogen (secondary N) is 1. The monoisotopic (exact) mass is 519 g/mol. The summed E-state index contributed by atoms with van der Waals surface area (Å²) in [6.45, 7) is 7.41. The predicted molar refractivity (Wildman–Crippen MR) is 159 cm³/mol. The molecule has 0 saturated carbocycles. The van der Waals surface area contributed by atoms with Gasteiger partial charge in [-0.15, -0.1) is 0 Å². The lowest BCUT2D eigenvalue weighted by molar-refractivity contribution is 0.0984. The minimum absolute atomic E-state index is 0.126. The Bertz CT molecular complexity index is 1390. The van der Waals surface area contributed by atoms with Crippen molar-refractivity contribution in [2.24, 2.45) is 5.92 Å². The van der Waals surface area contributed by atoms with Crippen LogP contribution in [-0.2, 0) is 19.4 Å². The van der Waals surface area contributed by atoms with Gasteiger partial charge >= 0.3 is 0 Å². The number of aryl methyl sites for hydroxylation is 1. The highest BCUT2D eigenvalue weighted by molar-refractivity contribution is 5.98. The number of carbonyl (C=O) groups is 2. The fourth-order valence-corrected chi connectivity index (χ4v) is 5.08. The van der Waals surface area contributed by atoms with Gasteiger partial charge < -0.3 is 14.8 Å². The van der Waals surface area contributed by atoms with Crippen LogP contribution in [0.1, 0.15) is 58.5 Å². The van der Waals surface area contributed by atoms with E-state index in [4.69, 9.17) is 0 Å². The number of aromatic nitrogens is 1. The Hall–Kier alpha value is -4.12. The van der Waals surface area contributed by atoms with Gasteiger partial charge in [-0.05, 0) is 91.4 Å². The van der Waals surface area contributed by atoms with Crippen LogP contribution in [0.15, 0.2) is 91.3 Å². The second kappa shape index (κ2) is 12.2. The summed E-state index contributed by atoms with van der Waals surface area (Å²) in [4.78, 5) is 27.9. The Balaban J connectivity index is 1.12. The van der Waals surface area contributed by atoms with E-state index in [0.29, 0.717) is 12.8 Å². The van der Waals surface area contributed by atoms with Crippen LogP contribution < -0.4 is 10.2 Å². The van der Waals surface area contributed by atoms with Crippen molar-refractivity contribution in [2.45, 2.75) is 46.1 Å². The van der Waals surface area contributed by atoms with Crippen molar-refractivity contribution < 1.29 is 9.59 Å². The molecule has 1 aromatic heterocycles. The fourth-order valence-electron chi connectivity index (χ4n) is 5.08. The van der Waals surface area contributed by atoms with E-state index in [1.807, 2.05) is 83.7 Å². The summed E-state index contributed by atoms with van der Waals surface area (Å²) < 4.78 is 2.01. The Kier molecular flexibility index (Phi) is 8.26. The molecule has 0 aliphatic carbocycles. The first-order valence-corrected chi connectivity index (χ1v) is 14.0. The van der Waals surface area contributed by atoms with Crippen LogP contribution in [0.2, 0.25) is 0 Å². The van der Waals surface area contributed by atoms with Crippen LogP contribution in [0.4, 0.5) is 17.1 Å². The summed E-state index contributed by atoms with van der Waals surface area (Å²) >= 11 is 0. The maximum atomic E-state index is 12.9. The van der Waals surface area contributed by atoms with Crippen molar-refractivity contribution in [3.05, 3.63) is 114 Å². The average molecular weight is 520 g/mol. The van der Waals surface area contributed by atoms with Crippen molar-refractivity contribution in [1.29, 1.82) is 0 Å². The summed E-state index contributed by atoms with van der Waals surface area (Å²) in [5.74, 6) is 1.06. The lowest BCUT2D eigenvalue weighted by Crippen LogP contribution is -2.32. The molecule has 4 aromatic rings. The first kappa shape index (κ1) is 26.5. The number of anilines is 3. The highest BCUT2D eigenvalue weighted by Crippen LogP contribution is 2.24. The number of rotatable bonds is 10. The van der Waals surface area contributed by atoms with E-state index < -0.39 is 0 Å². The van der Waals surface area contributed by atoms with Crippen molar-refractivity contribution in [1.82, 2.24) is 4.57 Å². The van der Waals surface area contributed by atoms with Gasteiger partial charge in [-0.1, -0.05) is 31.2 Å². The first-order chi connectivity index (χ1) is 19.0. The van der Waals surface area contributed by atoms with Gasteiger partial charge in [0.25, 0.3) is 0 Å². The molecule has 0 amide bonds. The summed E-state index contributed by atoms with van der Waals surface area (Å²) in [5.41, 5.74) is 6.61. The maximum absolute atomic E-state index is 12.9. The van der Waals surface area contributed by atoms with E-state index in [9.17, 15) is 9.59 Å². The molecule has 0 unspecified atom stereocenters. The molecule has 1 saturated heterocycles. The highest BCUT2D eigenvalue weighted by Gasteiger charge is 2.16. The largest absolute Gasteiger partial charge is 0.372 e. The smallest absolute Gasteiger partial charge is 0.168 e. The van der Waals surface area contributed by atoms with Crippen LogP contribution in [0, 0.1) is 5.92 Å². The van der Waals surface area contributed by atoms with E-state index in [1.165, 1.54) is 18.5 Å². The molecule has 39 heavy (non-hydrogen) atoms. The number of carbonyl (C=O) groups excluding carboxylic acids is 2. The van der Waals surface area contributed by atoms with Gasteiger partial charge in [0.2, 0.25) is 0 Å². The van der Waals surface area contributed by atoms with Crippen LogP contribution >= 0.6 is 0 Å². The molecule has 1 fully saturated rings. The molecule has 0 atom stereocenters. The number of ketones is 2. The number of hydrogen-bond donors (Lipinski definition) is 1. The van der Waals surface area contributed by atoms with Gasteiger partial charge in [0.1, 0.15) is 0 Å². The Labute approximate surface area is 231 Å². The molecule has 5 rings (SSSR count). The van der Waals surface area contributed by atoms with E-state index >= 15 is 0 Å². The summed E-state index contributed by atoms with van der Waals surface area (Å²) in [6, 6.07) is 25.9. The second-order valence-electron chi connectivity index (χ2n) is 10.7. The average Bonchev–Trinajstić information content (AvgIpc) is 3.45. The highest BCUT2D eigenvalue weighted by atomic mass is 16.1. The number of Topliss-reactive ketones (excluding diaryl/α,β-unsaturated/α-hetero) is 2. The molecule has 0 spiro atoms. The predicted octanol–water partition coefficient (Wildman–Crippen LogP) is 7.34. The summed E-state index contributed by atoms with van der Waals surface area (Å²) in [7, 11) is 0. The van der Waals surface area contributed by atoms with Gasteiger partial charge in [-0.2, -0.15) is 0 Å². The normalized spacial score (nSPS) is 13.8. The van der Waals surface area contributed by atoms with Crippen molar-refractivity contribution in [2.75, 3.05) is 23.3 Å². The van der Waals surface area contributed by atoms with Crippen LogP contribution in [0.5, 0.6) is 0 Å². The zero-order valence-electron chi connectivity index (χ0n) is 22.9. The van der Waals surface area contributed by atoms with Crippen molar-refractivity contribution >= 4 is 28.6 Å². The van der Waals surface area contributed by atoms with Gasteiger partial charge in [-0.3, -0.25) is 9.59 Å². The van der Waals surface area contributed by atoms with Crippen molar-refractivity contribution in [3.8, 4) is 0 Å². The molecule has 1 aliphatic rings. The molecule has 3 aromatic carbocycles. The Morgan fingerprint density at radius 3 is 1.79 bits per heavy atom. The molecular weight excluding hydrogens is 482 g/mol. The van der Waals surface area contributed by atoms with Gasteiger partial charge in [0, 0.05) is 73.1 Å². The minimum Gasteiger partial charge on any atom is -0.372 e. The fraction of sp³-hybridized carbons (Fsp3) is 0.294. The number of nitrogens with zero attached hydrogens (tertiary/aromatic N) is 2. The van der Waals surface area contributed by atoms with E-state index in [0.717, 1.165) is 59.2 Å². The quantitative estimate of drug-likeness (QED) is 0.223. The van der Waals surface area contributed by atoms with Crippen molar-refractivity contribution in [3.63, 3.8) is 0 Å². The zero-order valence-corrected chi connectivity index (χ0v) is 22.9. The van der Waals surface area contributed by atoms with E-state index in [2.05, 4.69) is 36.2 Å². The van der Waals surface area contributed by atoms with Crippen LogP contribution in [-0.4, -0.2) is 29.2 Å². The summed E-state index contributed by atoms with van der Waals surface area (Å²) in [5, 5.41) is 3.40. The van der Waals surface area contributed by atoms with Gasteiger partial charge in [0.05, 0.1) is 0 Å².